The van der Waals surface area contributed by atoms with Crippen LogP contribution in [0.15, 0.2) is 64.1 Å². The van der Waals surface area contributed by atoms with E-state index in [9.17, 15) is 8.78 Å². The van der Waals surface area contributed by atoms with Crippen LogP contribution in [0.25, 0.3) is 0 Å². The molecule has 5 nitrogen and oxygen atoms in total. The van der Waals surface area contributed by atoms with Crippen LogP contribution in [0.2, 0.25) is 0 Å². The Bertz CT molecular complexity index is 931. The van der Waals surface area contributed by atoms with Crippen LogP contribution in [0.3, 0.4) is 0 Å². The van der Waals surface area contributed by atoms with E-state index in [1.165, 1.54) is 6.21 Å². The highest BCUT2D eigenvalue weighted by Gasteiger charge is 2.33. The molecule has 2 aliphatic rings. The van der Waals surface area contributed by atoms with Crippen molar-refractivity contribution in [3.8, 4) is 0 Å². The third kappa shape index (κ3) is 2.53. The van der Waals surface area contributed by atoms with Gasteiger partial charge in [0.2, 0.25) is 0 Å². The number of hydrogen-bond donors (Lipinski definition) is 1. The molecule has 0 saturated carbocycles. The van der Waals surface area contributed by atoms with Crippen molar-refractivity contribution in [1.29, 1.82) is 0 Å². The van der Waals surface area contributed by atoms with Crippen molar-refractivity contribution in [3.05, 3.63) is 71.1 Å². The number of hydrogen-bond acceptors (Lipinski definition) is 5. The van der Waals surface area contributed by atoms with Gasteiger partial charge in [0.05, 0.1) is 17.5 Å². The molecule has 0 aromatic heterocycles. The molecule has 0 radical (unpaired) electrons. The van der Waals surface area contributed by atoms with Crippen molar-refractivity contribution in [2.45, 2.75) is 6.92 Å². The van der Waals surface area contributed by atoms with Gasteiger partial charge in [0.1, 0.15) is 24.1 Å². The summed E-state index contributed by atoms with van der Waals surface area (Å²) in [5.41, 5.74) is 8.91. The third-order valence-electron chi connectivity index (χ3n) is 4.23. The van der Waals surface area contributed by atoms with Gasteiger partial charge in [-0.05, 0) is 31.2 Å². The summed E-state index contributed by atoms with van der Waals surface area (Å²) in [6.07, 6.45) is 1.52. The highest BCUT2D eigenvalue weighted by molar-refractivity contribution is 6.25. The minimum absolute atomic E-state index is 0.0892. The Morgan fingerprint density at radius 3 is 2.56 bits per heavy atom. The van der Waals surface area contributed by atoms with Gasteiger partial charge in [-0.1, -0.05) is 17.7 Å². The van der Waals surface area contributed by atoms with E-state index in [0.29, 0.717) is 17.2 Å². The van der Waals surface area contributed by atoms with E-state index in [-0.39, 0.29) is 12.4 Å². The zero-order valence-electron chi connectivity index (χ0n) is 13.4. The molecule has 0 spiro atoms. The molecule has 0 unspecified atom stereocenters. The van der Waals surface area contributed by atoms with Crippen molar-refractivity contribution < 1.29 is 8.78 Å². The van der Waals surface area contributed by atoms with Gasteiger partial charge in [-0.3, -0.25) is 0 Å². The molecule has 2 heterocycles. The van der Waals surface area contributed by atoms with Gasteiger partial charge < -0.3 is 15.5 Å². The molecular weight excluding hydrogens is 324 g/mol. The van der Waals surface area contributed by atoms with Crippen molar-refractivity contribution >= 4 is 23.4 Å². The van der Waals surface area contributed by atoms with Gasteiger partial charge in [0, 0.05) is 11.8 Å². The van der Waals surface area contributed by atoms with Crippen molar-refractivity contribution in [2.75, 3.05) is 16.5 Å². The van der Waals surface area contributed by atoms with E-state index in [0.717, 1.165) is 29.4 Å². The molecule has 0 fully saturated rings. The molecule has 0 amide bonds. The number of fused-ring (bicyclic) bond motifs is 1. The van der Waals surface area contributed by atoms with Crippen molar-refractivity contribution in [1.82, 2.24) is 0 Å². The lowest BCUT2D eigenvalue weighted by molar-refractivity contribution is 0.598. The van der Waals surface area contributed by atoms with Gasteiger partial charge in [-0.2, -0.15) is 5.10 Å². The number of nitrogens with zero attached hydrogens (tertiary/aromatic N) is 4. The lowest BCUT2D eigenvalue weighted by Crippen LogP contribution is -2.49. The first-order valence-electron chi connectivity index (χ1n) is 7.72. The molecule has 2 aliphatic heterocycles. The molecule has 2 aromatic carbocycles. The quantitative estimate of drug-likeness (QED) is 0.914. The molecule has 7 heteroatoms. The van der Waals surface area contributed by atoms with E-state index in [1.54, 1.807) is 4.90 Å². The number of rotatable bonds is 2. The minimum Gasteiger partial charge on any atom is -0.384 e. The first-order valence-corrected chi connectivity index (χ1v) is 7.72. The predicted molar refractivity (Wildman–Crippen MR) is 94.5 cm³/mol. The number of nitrogens with two attached hydrogens (primary N) is 1. The third-order valence-corrected chi connectivity index (χ3v) is 4.23. The Kier molecular flexibility index (Phi) is 3.49. The zero-order valence-corrected chi connectivity index (χ0v) is 13.4. The normalized spacial score (nSPS) is 16.4. The average molecular weight is 339 g/mol. The maximum atomic E-state index is 14.3. The van der Waals surface area contributed by atoms with Gasteiger partial charge in [0.25, 0.3) is 0 Å². The molecule has 0 bridgehead atoms. The minimum atomic E-state index is -0.542. The Labute approximate surface area is 143 Å². The van der Waals surface area contributed by atoms with E-state index < -0.39 is 11.6 Å². The van der Waals surface area contributed by atoms with Crippen molar-refractivity contribution in [3.63, 3.8) is 0 Å². The Balaban J connectivity index is 1.82. The molecule has 4 rings (SSSR count). The van der Waals surface area contributed by atoms with Crippen LogP contribution >= 0.6 is 0 Å². The van der Waals surface area contributed by atoms with Crippen LogP contribution in [0, 0.1) is 18.6 Å². The Morgan fingerprint density at radius 2 is 1.80 bits per heavy atom. The summed E-state index contributed by atoms with van der Waals surface area (Å²) in [5, 5.41) is 7.93. The summed E-state index contributed by atoms with van der Waals surface area (Å²) in [5.74, 6) is -0.191. The van der Waals surface area contributed by atoms with E-state index in [2.05, 4.69) is 10.2 Å². The maximum absolute atomic E-state index is 14.3. The summed E-state index contributed by atoms with van der Waals surface area (Å²) in [4.78, 5) is 3.38. The second-order valence-corrected chi connectivity index (χ2v) is 5.90. The summed E-state index contributed by atoms with van der Waals surface area (Å²) in [6.45, 7) is 2.19. The molecule has 2 N–H and O–H groups in total. The van der Waals surface area contributed by atoms with Gasteiger partial charge in [-0.15, -0.1) is 5.10 Å². The summed E-state index contributed by atoms with van der Waals surface area (Å²) < 4.78 is 28.0. The molecule has 0 saturated heterocycles. The fraction of sp³-hybridized carbons (Fsp3) is 0.111. The summed E-state index contributed by atoms with van der Waals surface area (Å²) in [7, 11) is 0. The fourth-order valence-electron chi connectivity index (χ4n) is 2.89. The SMILES string of the molecule is Cc1ccc(N2CN(c3cc(F)ccc3F)C3=NN=CC3=C2N)cc1. The fourth-order valence-corrected chi connectivity index (χ4v) is 2.89. The highest BCUT2D eigenvalue weighted by atomic mass is 19.1. The second-order valence-electron chi connectivity index (χ2n) is 5.90. The molecular formula is C18H15F2N5. The lowest BCUT2D eigenvalue weighted by Gasteiger charge is -2.38. The summed E-state index contributed by atoms with van der Waals surface area (Å²) in [6, 6.07) is 11.1. The average Bonchev–Trinajstić information content (AvgIpc) is 3.09. The zero-order chi connectivity index (χ0) is 17.6. The molecule has 2 aromatic rings. The van der Waals surface area contributed by atoms with Crippen LogP contribution in [-0.2, 0) is 0 Å². The van der Waals surface area contributed by atoms with E-state index in [4.69, 9.17) is 5.73 Å². The first kappa shape index (κ1) is 15.3. The number of halogens is 2. The maximum Gasteiger partial charge on any atom is 0.169 e. The van der Waals surface area contributed by atoms with Crippen LogP contribution in [0.4, 0.5) is 20.2 Å². The summed E-state index contributed by atoms with van der Waals surface area (Å²) >= 11 is 0. The van der Waals surface area contributed by atoms with Crippen molar-refractivity contribution in [2.24, 2.45) is 15.9 Å². The molecule has 0 aliphatic carbocycles. The lowest BCUT2D eigenvalue weighted by atomic mass is 10.1. The Hall–Kier alpha value is -3.22. The molecule has 126 valence electrons. The molecule has 0 atom stereocenters. The number of aryl methyl sites for hydroxylation is 1. The standard InChI is InChI=1S/C18H15F2N5/c1-11-2-5-13(6-3-11)24-10-25(16-8-12(19)4-7-15(16)20)18-14(17(24)21)9-22-23-18/h2-9H,10,21H2,1H3. The smallest absolute Gasteiger partial charge is 0.169 e. The second kappa shape index (κ2) is 5.70. The highest BCUT2D eigenvalue weighted by Crippen LogP contribution is 2.31. The predicted octanol–water partition coefficient (Wildman–Crippen LogP) is 3.13. The first-order chi connectivity index (χ1) is 12.0. The number of amidine groups is 1. The largest absolute Gasteiger partial charge is 0.384 e. The molecule has 25 heavy (non-hydrogen) atoms. The van der Waals surface area contributed by atoms with Crippen LogP contribution in [0.1, 0.15) is 5.56 Å². The van der Waals surface area contributed by atoms with Gasteiger partial charge in [0.15, 0.2) is 5.84 Å². The van der Waals surface area contributed by atoms with Crippen LogP contribution < -0.4 is 15.5 Å². The topological polar surface area (TPSA) is 57.2 Å². The van der Waals surface area contributed by atoms with Crippen LogP contribution in [-0.4, -0.2) is 18.7 Å². The Morgan fingerprint density at radius 1 is 1.04 bits per heavy atom. The monoisotopic (exact) mass is 339 g/mol. The van der Waals surface area contributed by atoms with Gasteiger partial charge in [-0.25, -0.2) is 8.78 Å². The van der Waals surface area contributed by atoms with Crippen LogP contribution in [0.5, 0.6) is 0 Å². The number of anilines is 2. The van der Waals surface area contributed by atoms with Gasteiger partial charge >= 0.3 is 0 Å². The van der Waals surface area contributed by atoms with E-state index in [1.807, 2.05) is 36.1 Å². The number of benzene rings is 2. The van der Waals surface area contributed by atoms with E-state index >= 15 is 0 Å².